The summed E-state index contributed by atoms with van der Waals surface area (Å²) in [4.78, 5) is 26.3. The van der Waals surface area contributed by atoms with Crippen LogP contribution in [0.4, 0.5) is 0 Å². The van der Waals surface area contributed by atoms with E-state index in [1.165, 1.54) is 11.4 Å². The van der Waals surface area contributed by atoms with Crippen molar-refractivity contribution in [2.45, 2.75) is 24.4 Å². The van der Waals surface area contributed by atoms with Gasteiger partial charge in [-0.1, -0.05) is 42.5 Å². The van der Waals surface area contributed by atoms with Crippen molar-refractivity contribution in [2.75, 3.05) is 46.5 Å². The van der Waals surface area contributed by atoms with Crippen LogP contribution < -0.4 is 5.32 Å². The topological polar surface area (TPSA) is 105 Å². The highest BCUT2D eigenvalue weighted by molar-refractivity contribution is 7.89. The number of rotatable bonds is 11. The summed E-state index contributed by atoms with van der Waals surface area (Å²) in [6, 6.07) is 16.2. The van der Waals surface area contributed by atoms with Gasteiger partial charge in [-0.3, -0.25) is 14.5 Å². The normalized spacial score (nSPS) is 14.6. The van der Waals surface area contributed by atoms with E-state index in [4.69, 9.17) is 9.47 Å². The number of hydrogen-bond acceptors (Lipinski definition) is 7. The van der Waals surface area contributed by atoms with Crippen LogP contribution in [0.2, 0.25) is 0 Å². The minimum atomic E-state index is -3.55. The Morgan fingerprint density at radius 2 is 1.71 bits per heavy atom. The third kappa shape index (κ3) is 7.63. The van der Waals surface area contributed by atoms with Gasteiger partial charge in [-0.05, 0) is 23.3 Å². The van der Waals surface area contributed by atoms with Crippen LogP contribution in [0.15, 0.2) is 59.5 Å². The maximum Gasteiger partial charge on any atom is 0.306 e. The number of morpholine rings is 1. The molecule has 3 rings (SSSR count). The van der Waals surface area contributed by atoms with Crippen molar-refractivity contribution in [3.05, 3.63) is 65.7 Å². The van der Waals surface area contributed by atoms with Gasteiger partial charge in [-0.15, -0.1) is 0 Å². The van der Waals surface area contributed by atoms with Crippen molar-refractivity contribution in [1.29, 1.82) is 0 Å². The van der Waals surface area contributed by atoms with Crippen LogP contribution in [-0.4, -0.2) is 76.0 Å². The molecule has 1 aliphatic heterocycles. The summed E-state index contributed by atoms with van der Waals surface area (Å²) < 4.78 is 36.8. The maximum absolute atomic E-state index is 12.7. The van der Waals surface area contributed by atoms with E-state index in [-0.39, 0.29) is 36.3 Å². The number of benzene rings is 2. The molecule has 0 bridgehead atoms. The molecule has 9 nitrogen and oxygen atoms in total. The van der Waals surface area contributed by atoms with Crippen LogP contribution in [0, 0.1) is 0 Å². The molecule has 0 unspecified atom stereocenters. The Bertz CT molecular complexity index is 1040. The smallest absolute Gasteiger partial charge is 0.306 e. The zero-order chi connectivity index (χ0) is 24.4. The molecule has 0 aliphatic carbocycles. The number of methoxy groups -OCH3 is 1. The van der Waals surface area contributed by atoms with Gasteiger partial charge < -0.3 is 14.8 Å². The van der Waals surface area contributed by atoms with Crippen LogP contribution in [0.25, 0.3) is 0 Å². The number of carbonyl (C=O) groups excluding carboxylic acids is 2. The molecule has 0 saturated carbocycles. The molecular formula is C24H31N3O6S. The molecule has 1 heterocycles. The van der Waals surface area contributed by atoms with Gasteiger partial charge in [0.05, 0.1) is 38.2 Å². The van der Waals surface area contributed by atoms with Gasteiger partial charge in [0.15, 0.2) is 0 Å². The van der Waals surface area contributed by atoms with Gasteiger partial charge in [-0.2, -0.15) is 4.31 Å². The number of nitrogens with zero attached hydrogens (tertiary/aromatic N) is 2. The summed E-state index contributed by atoms with van der Waals surface area (Å²) in [7, 11) is -2.21. The summed E-state index contributed by atoms with van der Waals surface area (Å²) >= 11 is 0. The predicted octanol–water partition coefficient (Wildman–Crippen LogP) is 1.39. The van der Waals surface area contributed by atoms with Gasteiger partial charge >= 0.3 is 5.97 Å². The molecule has 1 saturated heterocycles. The van der Waals surface area contributed by atoms with Gasteiger partial charge in [0.25, 0.3) is 0 Å². The molecule has 0 atom stereocenters. The average Bonchev–Trinajstić information content (AvgIpc) is 2.87. The fourth-order valence-corrected chi connectivity index (χ4v) is 4.99. The minimum absolute atomic E-state index is 0.120. The van der Waals surface area contributed by atoms with Gasteiger partial charge in [0, 0.05) is 32.7 Å². The Balaban J connectivity index is 1.54. The van der Waals surface area contributed by atoms with Gasteiger partial charge in [0.2, 0.25) is 15.9 Å². The van der Waals surface area contributed by atoms with Gasteiger partial charge in [0.1, 0.15) is 0 Å². The zero-order valence-corrected chi connectivity index (χ0v) is 20.1. The molecule has 34 heavy (non-hydrogen) atoms. The molecule has 1 amide bonds. The van der Waals surface area contributed by atoms with E-state index in [1.807, 2.05) is 35.2 Å². The second-order valence-electron chi connectivity index (χ2n) is 7.96. The fourth-order valence-electron chi connectivity index (χ4n) is 3.58. The molecule has 2 aromatic carbocycles. The molecule has 0 aromatic heterocycles. The number of nitrogens with one attached hydrogen (secondary N) is 1. The lowest BCUT2D eigenvalue weighted by atomic mass is 10.2. The monoisotopic (exact) mass is 489 g/mol. The molecule has 0 radical (unpaired) electrons. The first-order valence-corrected chi connectivity index (χ1v) is 12.6. The van der Waals surface area contributed by atoms with E-state index >= 15 is 0 Å². The third-order valence-electron chi connectivity index (χ3n) is 5.50. The third-order valence-corrected chi connectivity index (χ3v) is 7.41. The SMILES string of the molecule is COC(=O)CCN(CC(=O)NCc1ccc(S(=O)(=O)N2CCOCC2)cc1)Cc1ccccc1. The van der Waals surface area contributed by atoms with Crippen molar-refractivity contribution in [1.82, 2.24) is 14.5 Å². The Labute approximate surface area is 200 Å². The molecule has 0 spiro atoms. The van der Waals surface area contributed by atoms with Crippen LogP contribution in [0.1, 0.15) is 17.5 Å². The lowest BCUT2D eigenvalue weighted by Gasteiger charge is -2.26. The highest BCUT2D eigenvalue weighted by Crippen LogP contribution is 2.17. The second-order valence-corrected chi connectivity index (χ2v) is 9.90. The highest BCUT2D eigenvalue weighted by atomic mass is 32.2. The van der Waals surface area contributed by atoms with Crippen LogP contribution in [-0.2, 0) is 42.2 Å². The van der Waals surface area contributed by atoms with Crippen molar-refractivity contribution < 1.29 is 27.5 Å². The van der Waals surface area contributed by atoms with Crippen LogP contribution in [0.5, 0.6) is 0 Å². The molecule has 2 aromatic rings. The van der Waals surface area contributed by atoms with Crippen molar-refractivity contribution in [3.63, 3.8) is 0 Å². The summed E-state index contributed by atoms with van der Waals surface area (Å²) in [5.74, 6) is -0.517. The van der Waals surface area contributed by atoms with Gasteiger partial charge in [-0.25, -0.2) is 8.42 Å². The largest absolute Gasteiger partial charge is 0.469 e. The molecule has 10 heteroatoms. The lowest BCUT2D eigenvalue weighted by Crippen LogP contribution is -2.40. The van der Waals surface area contributed by atoms with E-state index in [2.05, 4.69) is 5.32 Å². The standard InChI is InChI=1S/C24H31N3O6S/c1-32-24(29)11-12-26(18-21-5-3-2-4-6-21)19-23(28)25-17-20-7-9-22(10-8-20)34(30,31)27-13-15-33-16-14-27/h2-10H,11-19H2,1H3,(H,25,28). The Hall–Kier alpha value is -2.79. The number of amides is 1. The Morgan fingerprint density at radius 1 is 1.03 bits per heavy atom. The first-order valence-electron chi connectivity index (χ1n) is 11.1. The molecule has 184 valence electrons. The molecule has 1 N–H and O–H groups in total. The zero-order valence-electron chi connectivity index (χ0n) is 19.3. The van der Waals surface area contributed by atoms with Crippen LogP contribution in [0.3, 0.4) is 0 Å². The quantitative estimate of drug-likeness (QED) is 0.476. The number of sulfonamides is 1. The number of ether oxygens (including phenoxy) is 2. The average molecular weight is 490 g/mol. The first-order chi connectivity index (χ1) is 16.4. The molecular weight excluding hydrogens is 458 g/mol. The summed E-state index contributed by atoms with van der Waals surface area (Å²) in [5.41, 5.74) is 1.83. The fraction of sp³-hybridized carbons (Fsp3) is 0.417. The van der Waals surface area contributed by atoms with E-state index < -0.39 is 10.0 Å². The number of hydrogen-bond donors (Lipinski definition) is 1. The summed E-state index contributed by atoms with van der Waals surface area (Å²) in [6.07, 6.45) is 0.190. The van der Waals surface area contributed by atoms with Crippen molar-refractivity contribution in [3.8, 4) is 0 Å². The number of esters is 1. The summed E-state index contributed by atoms with van der Waals surface area (Å²) in [6.45, 7) is 2.78. The minimum Gasteiger partial charge on any atom is -0.469 e. The van der Waals surface area contributed by atoms with Crippen LogP contribution >= 0.6 is 0 Å². The first kappa shape index (κ1) is 25.8. The lowest BCUT2D eigenvalue weighted by molar-refractivity contribution is -0.141. The predicted molar refractivity (Wildman–Crippen MR) is 126 cm³/mol. The van der Waals surface area contributed by atoms with Crippen molar-refractivity contribution in [2.24, 2.45) is 0 Å². The Kier molecular flexibility index (Phi) is 9.58. The number of carbonyl (C=O) groups is 2. The van der Waals surface area contributed by atoms with E-state index in [9.17, 15) is 18.0 Å². The Morgan fingerprint density at radius 3 is 2.35 bits per heavy atom. The molecule has 1 fully saturated rings. The highest BCUT2D eigenvalue weighted by Gasteiger charge is 2.26. The van der Waals surface area contributed by atoms with E-state index in [0.29, 0.717) is 39.4 Å². The maximum atomic E-state index is 12.7. The second kappa shape index (κ2) is 12.6. The van der Waals surface area contributed by atoms with Crippen molar-refractivity contribution >= 4 is 21.9 Å². The van der Waals surface area contributed by atoms with E-state index in [1.54, 1.807) is 24.3 Å². The molecule has 1 aliphatic rings. The summed E-state index contributed by atoms with van der Waals surface area (Å²) in [5, 5.41) is 2.87. The van der Waals surface area contributed by atoms with E-state index in [0.717, 1.165) is 11.1 Å².